The van der Waals surface area contributed by atoms with Gasteiger partial charge >= 0.3 is 0 Å². The Balaban J connectivity index is 1.74. The molecule has 1 atom stereocenters. The van der Waals surface area contributed by atoms with Crippen molar-refractivity contribution in [3.05, 3.63) is 11.7 Å². The summed E-state index contributed by atoms with van der Waals surface area (Å²) in [6.07, 6.45) is 6.59. The zero-order chi connectivity index (χ0) is 13.1. The molecule has 1 aromatic heterocycles. The van der Waals surface area contributed by atoms with Crippen molar-refractivity contribution >= 4 is 5.78 Å². The van der Waals surface area contributed by atoms with Crippen molar-refractivity contribution in [1.29, 1.82) is 0 Å². The molecule has 19 heavy (non-hydrogen) atoms. The maximum Gasteiger partial charge on any atom is 0.237 e. The maximum atomic E-state index is 12.1. The van der Waals surface area contributed by atoms with E-state index in [-0.39, 0.29) is 11.7 Å². The van der Waals surface area contributed by atoms with Gasteiger partial charge in [-0.3, -0.25) is 4.79 Å². The fourth-order valence-corrected chi connectivity index (χ4v) is 2.93. The fourth-order valence-electron chi connectivity index (χ4n) is 2.93. The van der Waals surface area contributed by atoms with E-state index in [9.17, 15) is 4.79 Å². The number of Topliss-reactive ketones (excluding diaryl/α,β-unsaturated/α-hetero) is 1. The van der Waals surface area contributed by atoms with Gasteiger partial charge in [0.15, 0.2) is 5.82 Å². The quantitative estimate of drug-likeness (QED) is 0.768. The molecule has 0 aromatic carbocycles. The molecule has 1 saturated heterocycles. The van der Waals surface area contributed by atoms with Gasteiger partial charge in [-0.1, -0.05) is 18.0 Å². The highest BCUT2D eigenvalue weighted by molar-refractivity contribution is 5.84. The topological polar surface area (TPSA) is 65.2 Å². The predicted molar refractivity (Wildman–Crippen MR) is 67.9 cm³/mol. The molecule has 3 rings (SSSR count). The summed E-state index contributed by atoms with van der Waals surface area (Å²) < 4.78 is 10.7. The van der Waals surface area contributed by atoms with E-state index in [2.05, 4.69) is 10.1 Å². The zero-order valence-electron chi connectivity index (χ0n) is 11.1. The van der Waals surface area contributed by atoms with Crippen LogP contribution in [0.25, 0.3) is 0 Å². The normalized spacial score (nSPS) is 26.3. The predicted octanol–water partition coefficient (Wildman–Crippen LogP) is 2.58. The molecule has 0 amide bonds. The number of ketones is 1. The first kappa shape index (κ1) is 12.8. The zero-order valence-corrected chi connectivity index (χ0v) is 11.1. The molecule has 0 bridgehead atoms. The lowest BCUT2D eigenvalue weighted by molar-refractivity contribution is -0.120. The average molecular weight is 264 g/mol. The van der Waals surface area contributed by atoms with Gasteiger partial charge in [0.05, 0.1) is 5.92 Å². The molecule has 1 aliphatic heterocycles. The lowest BCUT2D eigenvalue weighted by atomic mass is 9.98. The number of ether oxygens (including phenoxy) is 1. The Morgan fingerprint density at radius 1 is 1.05 bits per heavy atom. The first-order valence-electron chi connectivity index (χ1n) is 7.28. The minimum absolute atomic E-state index is 0.163. The van der Waals surface area contributed by atoms with Crippen LogP contribution in [0.4, 0.5) is 0 Å². The molecular weight excluding hydrogens is 244 g/mol. The van der Waals surface area contributed by atoms with Crippen LogP contribution in [0.1, 0.15) is 68.5 Å². The summed E-state index contributed by atoms with van der Waals surface area (Å²) >= 11 is 0. The number of hydrogen-bond donors (Lipinski definition) is 0. The highest BCUT2D eigenvalue weighted by Gasteiger charge is 2.29. The lowest BCUT2D eigenvalue weighted by Gasteiger charge is -2.18. The second-order valence-corrected chi connectivity index (χ2v) is 5.50. The van der Waals surface area contributed by atoms with E-state index in [1.54, 1.807) is 0 Å². The molecule has 2 fully saturated rings. The number of rotatable bonds is 2. The highest BCUT2D eigenvalue weighted by atomic mass is 16.5. The van der Waals surface area contributed by atoms with Crippen molar-refractivity contribution in [3.8, 4) is 0 Å². The molecule has 5 heteroatoms. The Morgan fingerprint density at radius 2 is 1.89 bits per heavy atom. The molecule has 104 valence electrons. The third kappa shape index (κ3) is 2.86. The molecule has 2 heterocycles. The number of carbonyl (C=O) groups excluding carboxylic acids is 1. The summed E-state index contributed by atoms with van der Waals surface area (Å²) in [5, 5.41) is 4.09. The van der Waals surface area contributed by atoms with Crippen LogP contribution in [0, 0.1) is 0 Å². The first-order valence-corrected chi connectivity index (χ1v) is 7.28. The van der Waals surface area contributed by atoms with Gasteiger partial charge in [-0.15, -0.1) is 0 Å². The van der Waals surface area contributed by atoms with Gasteiger partial charge in [0.2, 0.25) is 5.89 Å². The van der Waals surface area contributed by atoms with Gasteiger partial charge in [-0.2, -0.15) is 4.98 Å². The van der Waals surface area contributed by atoms with Crippen molar-refractivity contribution in [1.82, 2.24) is 10.1 Å². The molecule has 0 N–H and O–H groups in total. The summed E-state index contributed by atoms with van der Waals surface area (Å²) in [4.78, 5) is 16.5. The molecule has 2 aliphatic rings. The van der Waals surface area contributed by atoms with Crippen molar-refractivity contribution in [2.75, 3.05) is 13.2 Å². The van der Waals surface area contributed by atoms with Crippen LogP contribution in [0.3, 0.4) is 0 Å². The van der Waals surface area contributed by atoms with Crippen LogP contribution in [0.15, 0.2) is 4.52 Å². The SMILES string of the molecule is O=C1CCCCCC1c1nc(C2CCOCC2)no1. The maximum absolute atomic E-state index is 12.1. The number of aromatic nitrogens is 2. The van der Waals surface area contributed by atoms with Crippen LogP contribution in [-0.2, 0) is 9.53 Å². The summed E-state index contributed by atoms with van der Waals surface area (Å²) in [6.45, 7) is 1.52. The van der Waals surface area contributed by atoms with E-state index in [0.717, 1.165) is 57.6 Å². The van der Waals surface area contributed by atoms with E-state index in [1.165, 1.54) is 0 Å². The van der Waals surface area contributed by atoms with Crippen molar-refractivity contribution in [3.63, 3.8) is 0 Å². The van der Waals surface area contributed by atoms with Gasteiger partial charge in [0.25, 0.3) is 0 Å². The van der Waals surface area contributed by atoms with Crippen LogP contribution in [0.2, 0.25) is 0 Å². The van der Waals surface area contributed by atoms with Crippen LogP contribution < -0.4 is 0 Å². The van der Waals surface area contributed by atoms with Gasteiger partial charge in [-0.05, 0) is 25.7 Å². The second-order valence-electron chi connectivity index (χ2n) is 5.50. The van der Waals surface area contributed by atoms with Crippen molar-refractivity contribution in [2.24, 2.45) is 0 Å². The van der Waals surface area contributed by atoms with Gasteiger partial charge in [0.1, 0.15) is 5.78 Å². The molecule has 1 saturated carbocycles. The van der Waals surface area contributed by atoms with Crippen molar-refractivity contribution in [2.45, 2.75) is 56.8 Å². The number of carbonyl (C=O) groups is 1. The minimum Gasteiger partial charge on any atom is -0.381 e. The smallest absolute Gasteiger partial charge is 0.237 e. The van der Waals surface area contributed by atoms with E-state index in [1.807, 2.05) is 0 Å². The summed E-state index contributed by atoms with van der Waals surface area (Å²) in [5.74, 6) is 1.72. The molecule has 0 radical (unpaired) electrons. The minimum atomic E-state index is -0.163. The molecule has 1 unspecified atom stereocenters. The Morgan fingerprint density at radius 3 is 2.74 bits per heavy atom. The van der Waals surface area contributed by atoms with Gasteiger partial charge < -0.3 is 9.26 Å². The molecular formula is C14H20N2O3. The van der Waals surface area contributed by atoms with E-state index in [4.69, 9.17) is 9.26 Å². The van der Waals surface area contributed by atoms with Gasteiger partial charge in [-0.25, -0.2) is 0 Å². The van der Waals surface area contributed by atoms with Crippen molar-refractivity contribution < 1.29 is 14.1 Å². The lowest BCUT2D eigenvalue weighted by Crippen LogP contribution is -2.15. The van der Waals surface area contributed by atoms with E-state index < -0.39 is 0 Å². The monoisotopic (exact) mass is 264 g/mol. The number of hydrogen-bond acceptors (Lipinski definition) is 5. The van der Waals surface area contributed by atoms with E-state index in [0.29, 0.717) is 18.2 Å². The molecule has 5 nitrogen and oxygen atoms in total. The largest absolute Gasteiger partial charge is 0.381 e. The van der Waals surface area contributed by atoms with E-state index >= 15 is 0 Å². The summed E-state index contributed by atoms with van der Waals surface area (Å²) in [6, 6.07) is 0. The Kier molecular flexibility index (Phi) is 3.92. The highest BCUT2D eigenvalue weighted by Crippen LogP contribution is 2.30. The first-order chi connectivity index (χ1) is 9.34. The third-order valence-electron chi connectivity index (χ3n) is 4.15. The second kappa shape index (κ2) is 5.82. The molecule has 1 aliphatic carbocycles. The Hall–Kier alpha value is -1.23. The van der Waals surface area contributed by atoms with Crippen LogP contribution >= 0.6 is 0 Å². The standard InChI is InChI=1S/C14H20N2O3/c17-12-5-3-1-2-4-11(12)14-15-13(16-19-14)10-6-8-18-9-7-10/h10-11H,1-9H2. The fraction of sp³-hybridized carbons (Fsp3) is 0.786. The molecule has 0 spiro atoms. The molecule has 1 aromatic rings. The average Bonchev–Trinajstić information content (AvgIpc) is 2.83. The summed E-state index contributed by atoms with van der Waals surface area (Å²) in [5.41, 5.74) is 0. The number of nitrogens with zero attached hydrogens (tertiary/aromatic N) is 2. The Labute approximate surface area is 112 Å². The van der Waals surface area contributed by atoms with Crippen LogP contribution in [-0.4, -0.2) is 29.1 Å². The van der Waals surface area contributed by atoms with Crippen LogP contribution in [0.5, 0.6) is 0 Å². The third-order valence-corrected chi connectivity index (χ3v) is 4.15. The van der Waals surface area contributed by atoms with Gasteiger partial charge in [0, 0.05) is 25.6 Å². The summed E-state index contributed by atoms with van der Waals surface area (Å²) in [7, 11) is 0. The Bertz CT molecular complexity index is 438.